The number of nitrogens with zero attached hydrogens (tertiary/aromatic N) is 2. The third kappa shape index (κ3) is 7.18. The molecule has 0 aromatic heterocycles. The van der Waals surface area contributed by atoms with Gasteiger partial charge in [-0.05, 0) is 31.0 Å². The van der Waals surface area contributed by atoms with E-state index >= 15 is 0 Å². The molecule has 150 valence electrons. The van der Waals surface area contributed by atoms with Gasteiger partial charge in [0.1, 0.15) is 5.75 Å². The Bertz CT molecular complexity index is 667. The first-order valence-electron chi connectivity index (χ1n) is 8.58. The van der Waals surface area contributed by atoms with Crippen molar-refractivity contribution in [1.82, 2.24) is 15.5 Å². The van der Waals surface area contributed by atoms with Gasteiger partial charge in [0.15, 0.2) is 5.96 Å². The van der Waals surface area contributed by atoms with Crippen LogP contribution in [0.4, 0.5) is 8.78 Å². The molecule has 1 heterocycles. The number of halogens is 3. The summed E-state index contributed by atoms with van der Waals surface area (Å²) < 4.78 is 29.6. The first-order valence-corrected chi connectivity index (χ1v) is 8.96. The molecule has 27 heavy (non-hydrogen) atoms. The summed E-state index contributed by atoms with van der Waals surface area (Å²) in [7, 11) is 1.63. The maximum Gasteiger partial charge on any atom is 0.387 e. The van der Waals surface area contributed by atoms with Gasteiger partial charge < -0.3 is 21.1 Å². The Morgan fingerprint density at radius 3 is 2.74 bits per heavy atom. The second-order valence-corrected chi connectivity index (χ2v) is 6.65. The summed E-state index contributed by atoms with van der Waals surface area (Å²) in [4.78, 5) is 17.2. The summed E-state index contributed by atoms with van der Waals surface area (Å²) in [5, 5.41) is 6.81. The highest BCUT2D eigenvalue weighted by molar-refractivity contribution is 6.30. The Kier molecular flexibility index (Phi) is 8.05. The molecular weight excluding hydrogens is 380 g/mol. The molecule has 4 N–H and O–H groups in total. The zero-order chi connectivity index (χ0) is 19.8. The van der Waals surface area contributed by atoms with Crippen molar-refractivity contribution >= 4 is 23.5 Å². The maximum atomic E-state index is 12.5. The van der Waals surface area contributed by atoms with Crippen LogP contribution in [0.1, 0.15) is 18.4 Å². The van der Waals surface area contributed by atoms with Crippen LogP contribution in [0.3, 0.4) is 0 Å². The van der Waals surface area contributed by atoms with Crippen molar-refractivity contribution in [3.63, 3.8) is 0 Å². The number of carbonyl (C=O) groups excluding carboxylic acids is 1. The Balaban J connectivity index is 1.88. The fourth-order valence-electron chi connectivity index (χ4n) is 2.92. The fourth-order valence-corrected chi connectivity index (χ4v) is 3.11. The third-order valence-corrected chi connectivity index (χ3v) is 4.45. The van der Waals surface area contributed by atoms with Gasteiger partial charge in [-0.15, -0.1) is 0 Å². The molecular formula is C17H24ClF2N5O2. The maximum absolute atomic E-state index is 12.5. The van der Waals surface area contributed by atoms with Gasteiger partial charge >= 0.3 is 6.61 Å². The number of hydrogen-bond acceptors (Lipinski definition) is 4. The lowest BCUT2D eigenvalue weighted by Crippen LogP contribution is -2.49. The standard InChI is InChI=1S/C17H24ClF2N5O2/c1-22-17(24-13-4-6-25(7-5-13)10-15(21)26)23-9-11-8-12(18)2-3-14(11)27-16(19)20/h2-3,8,13,16H,4-7,9-10H2,1H3,(H2,21,26)(H2,22,23,24). The van der Waals surface area contributed by atoms with Crippen LogP contribution in [0, 0.1) is 0 Å². The molecule has 0 radical (unpaired) electrons. The van der Waals surface area contributed by atoms with Crippen LogP contribution in [0.15, 0.2) is 23.2 Å². The lowest BCUT2D eigenvalue weighted by atomic mass is 10.1. The summed E-state index contributed by atoms with van der Waals surface area (Å²) >= 11 is 5.95. The Hall–Kier alpha value is -2.13. The number of piperidine rings is 1. The van der Waals surface area contributed by atoms with Gasteiger partial charge in [0.2, 0.25) is 5.91 Å². The summed E-state index contributed by atoms with van der Waals surface area (Å²) in [5.74, 6) is 0.283. The van der Waals surface area contributed by atoms with Crippen LogP contribution < -0.4 is 21.1 Å². The van der Waals surface area contributed by atoms with Crippen LogP contribution in [0.5, 0.6) is 5.75 Å². The van der Waals surface area contributed by atoms with Gasteiger partial charge in [0.05, 0.1) is 6.54 Å². The van der Waals surface area contributed by atoms with Crippen LogP contribution in [0.2, 0.25) is 5.02 Å². The molecule has 0 spiro atoms. The first-order chi connectivity index (χ1) is 12.9. The number of benzene rings is 1. The molecule has 10 heteroatoms. The minimum atomic E-state index is -2.91. The molecule has 1 amide bonds. The molecule has 1 aliphatic rings. The number of nitrogens with one attached hydrogen (secondary N) is 2. The minimum Gasteiger partial charge on any atom is -0.434 e. The van der Waals surface area contributed by atoms with E-state index in [4.69, 9.17) is 17.3 Å². The van der Waals surface area contributed by atoms with Crippen LogP contribution >= 0.6 is 11.6 Å². The smallest absolute Gasteiger partial charge is 0.387 e. The molecule has 0 bridgehead atoms. The zero-order valence-corrected chi connectivity index (χ0v) is 15.8. The average Bonchev–Trinajstić information content (AvgIpc) is 2.61. The Morgan fingerprint density at radius 2 is 2.15 bits per heavy atom. The van der Waals surface area contributed by atoms with E-state index in [0.717, 1.165) is 25.9 Å². The number of primary amides is 1. The third-order valence-electron chi connectivity index (χ3n) is 4.22. The lowest BCUT2D eigenvalue weighted by molar-refractivity contribution is -0.119. The van der Waals surface area contributed by atoms with Gasteiger partial charge in [-0.1, -0.05) is 11.6 Å². The van der Waals surface area contributed by atoms with Gasteiger partial charge in [-0.25, -0.2) is 0 Å². The second kappa shape index (κ2) is 10.3. The molecule has 1 aromatic rings. The molecule has 0 saturated carbocycles. The molecule has 0 aliphatic carbocycles. The van der Waals surface area contributed by atoms with Crippen molar-refractivity contribution in [3.05, 3.63) is 28.8 Å². The number of ether oxygens (including phenoxy) is 1. The summed E-state index contributed by atoms with van der Waals surface area (Å²) in [6, 6.07) is 4.67. The number of rotatable bonds is 7. The number of aliphatic imine (C=N–C) groups is 1. The Morgan fingerprint density at radius 1 is 1.44 bits per heavy atom. The van der Waals surface area contributed by atoms with Crippen LogP contribution in [-0.4, -0.2) is 56.1 Å². The van der Waals surface area contributed by atoms with E-state index in [2.05, 4.69) is 20.4 Å². The summed E-state index contributed by atoms with van der Waals surface area (Å²) in [6.07, 6.45) is 1.68. The number of alkyl halides is 2. The average molecular weight is 404 g/mol. The largest absolute Gasteiger partial charge is 0.434 e. The number of carbonyl (C=O) groups is 1. The molecule has 1 saturated heterocycles. The molecule has 0 unspecified atom stereocenters. The monoisotopic (exact) mass is 403 g/mol. The van der Waals surface area contributed by atoms with Crippen LogP contribution in [-0.2, 0) is 11.3 Å². The number of hydrogen-bond donors (Lipinski definition) is 3. The quantitative estimate of drug-likeness (QED) is 0.474. The van der Waals surface area contributed by atoms with E-state index in [1.165, 1.54) is 12.1 Å². The summed E-state index contributed by atoms with van der Waals surface area (Å²) in [6.45, 7) is -0.895. The number of guanidine groups is 1. The number of amides is 1. The van der Waals surface area contributed by atoms with Crippen molar-refractivity contribution in [3.8, 4) is 5.75 Å². The first kappa shape index (κ1) is 21.2. The lowest BCUT2D eigenvalue weighted by Gasteiger charge is -2.32. The molecule has 1 fully saturated rings. The SMILES string of the molecule is CN=C(NCc1cc(Cl)ccc1OC(F)F)NC1CCN(CC(N)=O)CC1. The molecule has 7 nitrogen and oxygen atoms in total. The highest BCUT2D eigenvalue weighted by atomic mass is 35.5. The van der Waals surface area contributed by atoms with Gasteiger partial charge in [0, 0.05) is 43.3 Å². The van der Waals surface area contributed by atoms with Crippen molar-refractivity contribution in [2.45, 2.75) is 32.0 Å². The van der Waals surface area contributed by atoms with E-state index < -0.39 is 6.61 Å². The highest BCUT2D eigenvalue weighted by Gasteiger charge is 2.21. The number of likely N-dealkylation sites (tertiary alicyclic amines) is 1. The fraction of sp³-hybridized carbons (Fsp3) is 0.529. The molecule has 2 rings (SSSR count). The van der Waals surface area contributed by atoms with E-state index in [1.54, 1.807) is 13.1 Å². The van der Waals surface area contributed by atoms with Gasteiger partial charge in [-0.2, -0.15) is 8.78 Å². The summed E-state index contributed by atoms with van der Waals surface area (Å²) in [5.41, 5.74) is 5.72. The van der Waals surface area contributed by atoms with Gasteiger partial charge in [0.25, 0.3) is 0 Å². The van der Waals surface area contributed by atoms with E-state index in [0.29, 0.717) is 16.5 Å². The van der Waals surface area contributed by atoms with Gasteiger partial charge in [-0.3, -0.25) is 14.7 Å². The molecule has 1 aromatic carbocycles. The normalized spacial score (nSPS) is 16.4. The van der Waals surface area contributed by atoms with E-state index in [-0.39, 0.29) is 30.8 Å². The molecule has 0 atom stereocenters. The van der Waals surface area contributed by atoms with Crippen molar-refractivity contribution in [1.29, 1.82) is 0 Å². The molecule has 1 aliphatic heterocycles. The van der Waals surface area contributed by atoms with Crippen LogP contribution in [0.25, 0.3) is 0 Å². The van der Waals surface area contributed by atoms with Crippen molar-refractivity contribution < 1.29 is 18.3 Å². The predicted octanol–water partition coefficient (Wildman–Crippen LogP) is 1.56. The van der Waals surface area contributed by atoms with E-state index in [1.807, 2.05) is 4.90 Å². The zero-order valence-electron chi connectivity index (χ0n) is 15.1. The highest BCUT2D eigenvalue weighted by Crippen LogP contribution is 2.24. The minimum absolute atomic E-state index is 0.0668. The van der Waals surface area contributed by atoms with E-state index in [9.17, 15) is 13.6 Å². The topological polar surface area (TPSA) is 92.0 Å². The number of nitrogens with two attached hydrogens (primary N) is 1. The van der Waals surface area contributed by atoms with Crippen molar-refractivity contribution in [2.75, 3.05) is 26.7 Å². The second-order valence-electron chi connectivity index (χ2n) is 6.22. The van der Waals surface area contributed by atoms with Crippen molar-refractivity contribution in [2.24, 2.45) is 10.7 Å². The Labute approximate surface area is 161 Å². The predicted molar refractivity (Wildman–Crippen MR) is 100 cm³/mol.